The summed E-state index contributed by atoms with van der Waals surface area (Å²) >= 11 is 0. The molecule has 0 radical (unpaired) electrons. The van der Waals surface area contributed by atoms with Crippen molar-refractivity contribution in [1.29, 1.82) is 0 Å². The molecule has 2 aromatic carbocycles. The van der Waals surface area contributed by atoms with E-state index in [9.17, 15) is 8.78 Å². The molecule has 2 aromatic rings. The van der Waals surface area contributed by atoms with E-state index in [1.807, 2.05) is 0 Å². The Morgan fingerprint density at radius 1 is 1.00 bits per heavy atom. The van der Waals surface area contributed by atoms with E-state index >= 15 is 0 Å². The van der Waals surface area contributed by atoms with Crippen molar-refractivity contribution >= 4 is 16.5 Å². The Morgan fingerprint density at radius 2 is 1.77 bits per heavy atom. The normalized spacial score (nSPS) is 10.6. The maximum atomic E-state index is 13.1. The number of benzene rings is 2. The van der Waals surface area contributed by atoms with Crippen LogP contribution in [0.3, 0.4) is 0 Å². The molecular formula is C10H7F2N. The Hall–Kier alpha value is -1.64. The fourth-order valence-electron chi connectivity index (χ4n) is 1.34. The zero-order valence-corrected chi connectivity index (χ0v) is 6.72. The predicted octanol–water partition coefficient (Wildman–Crippen LogP) is 2.70. The molecule has 2 rings (SSSR count). The Bertz CT molecular complexity index is 466. The Balaban J connectivity index is 2.94. The first kappa shape index (κ1) is 7.98. The number of halogens is 2. The highest BCUT2D eigenvalue weighted by Gasteiger charge is 2.04. The van der Waals surface area contributed by atoms with Gasteiger partial charge in [0.2, 0.25) is 0 Å². The minimum absolute atomic E-state index is 0.222. The molecule has 0 atom stereocenters. The van der Waals surface area contributed by atoms with Crippen LogP contribution in [0.2, 0.25) is 0 Å². The second kappa shape index (κ2) is 2.69. The lowest BCUT2D eigenvalue weighted by molar-refractivity contribution is 0.622. The average molecular weight is 179 g/mol. The largest absolute Gasteiger partial charge is 0.398 e. The maximum Gasteiger partial charge on any atom is 0.131 e. The molecule has 0 amide bonds. The Labute approximate surface area is 73.8 Å². The highest BCUT2D eigenvalue weighted by molar-refractivity contribution is 5.93. The molecule has 3 heteroatoms. The van der Waals surface area contributed by atoms with E-state index < -0.39 is 11.6 Å². The van der Waals surface area contributed by atoms with Crippen LogP contribution in [-0.4, -0.2) is 0 Å². The Kier molecular flexibility index (Phi) is 1.65. The molecule has 0 saturated heterocycles. The zero-order valence-electron chi connectivity index (χ0n) is 6.72. The lowest BCUT2D eigenvalue weighted by atomic mass is 10.1. The van der Waals surface area contributed by atoms with Crippen molar-refractivity contribution in [2.24, 2.45) is 0 Å². The molecule has 0 fully saturated rings. The van der Waals surface area contributed by atoms with Gasteiger partial charge < -0.3 is 5.73 Å². The molecule has 13 heavy (non-hydrogen) atoms. The van der Waals surface area contributed by atoms with Crippen molar-refractivity contribution in [3.63, 3.8) is 0 Å². The van der Waals surface area contributed by atoms with Crippen LogP contribution in [0.1, 0.15) is 0 Å². The molecule has 0 spiro atoms. The van der Waals surface area contributed by atoms with Gasteiger partial charge in [-0.1, -0.05) is 12.1 Å². The van der Waals surface area contributed by atoms with E-state index in [0.717, 1.165) is 6.07 Å². The van der Waals surface area contributed by atoms with E-state index in [-0.39, 0.29) is 11.1 Å². The Morgan fingerprint density at radius 3 is 2.54 bits per heavy atom. The first-order chi connectivity index (χ1) is 6.18. The summed E-state index contributed by atoms with van der Waals surface area (Å²) in [5.41, 5.74) is 5.78. The maximum absolute atomic E-state index is 13.1. The van der Waals surface area contributed by atoms with Crippen LogP contribution in [-0.2, 0) is 0 Å². The van der Waals surface area contributed by atoms with Gasteiger partial charge in [0.15, 0.2) is 0 Å². The predicted molar refractivity (Wildman–Crippen MR) is 48.3 cm³/mol. The number of anilines is 1. The lowest BCUT2D eigenvalue weighted by Crippen LogP contribution is -1.90. The van der Waals surface area contributed by atoms with Gasteiger partial charge in [0.05, 0.1) is 0 Å². The van der Waals surface area contributed by atoms with Crippen LogP contribution >= 0.6 is 0 Å². The summed E-state index contributed by atoms with van der Waals surface area (Å²) in [6, 6.07) is 6.81. The number of hydrogen-bond acceptors (Lipinski definition) is 1. The van der Waals surface area contributed by atoms with Gasteiger partial charge in [-0.25, -0.2) is 8.78 Å². The summed E-state index contributed by atoms with van der Waals surface area (Å²) in [5, 5.41) is 0.765. The highest BCUT2D eigenvalue weighted by Crippen LogP contribution is 2.24. The minimum Gasteiger partial charge on any atom is -0.398 e. The number of nitrogens with two attached hydrogens (primary N) is 1. The zero-order chi connectivity index (χ0) is 9.42. The van der Waals surface area contributed by atoms with Gasteiger partial charge in [0.1, 0.15) is 11.6 Å². The van der Waals surface area contributed by atoms with Crippen molar-refractivity contribution in [1.82, 2.24) is 0 Å². The van der Waals surface area contributed by atoms with Crippen LogP contribution in [0.5, 0.6) is 0 Å². The quantitative estimate of drug-likeness (QED) is 0.618. The third kappa shape index (κ3) is 1.22. The van der Waals surface area contributed by atoms with Crippen molar-refractivity contribution in [2.45, 2.75) is 0 Å². The third-order valence-corrected chi connectivity index (χ3v) is 1.94. The van der Waals surface area contributed by atoms with Crippen LogP contribution in [0.25, 0.3) is 10.8 Å². The van der Waals surface area contributed by atoms with Gasteiger partial charge in [0, 0.05) is 16.5 Å². The minimum atomic E-state index is -0.518. The SMILES string of the molecule is Nc1cc(F)cc2c(F)cccc12. The molecule has 0 aliphatic carbocycles. The molecular weight excluding hydrogens is 172 g/mol. The number of fused-ring (bicyclic) bond motifs is 1. The molecule has 0 bridgehead atoms. The first-order valence-electron chi connectivity index (χ1n) is 3.82. The fourth-order valence-corrected chi connectivity index (χ4v) is 1.34. The van der Waals surface area contributed by atoms with E-state index in [2.05, 4.69) is 0 Å². The van der Waals surface area contributed by atoms with Crippen molar-refractivity contribution in [2.75, 3.05) is 5.73 Å². The van der Waals surface area contributed by atoms with Crippen molar-refractivity contribution in [3.8, 4) is 0 Å². The highest BCUT2D eigenvalue weighted by atomic mass is 19.1. The molecule has 0 aliphatic rings. The average Bonchev–Trinajstić information content (AvgIpc) is 2.07. The topological polar surface area (TPSA) is 26.0 Å². The summed E-state index contributed by atoms with van der Waals surface area (Å²) in [6.07, 6.45) is 0. The van der Waals surface area contributed by atoms with E-state index in [1.54, 1.807) is 12.1 Å². The summed E-state index contributed by atoms with van der Waals surface area (Å²) in [4.78, 5) is 0. The summed E-state index contributed by atoms with van der Waals surface area (Å²) in [5.74, 6) is -0.973. The summed E-state index contributed by atoms with van der Waals surface area (Å²) in [7, 11) is 0. The van der Waals surface area contributed by atoms with E-state index in [0.29, 0.717) is 5.39 Å². The van der Waals surface area contributed by atoms with E-state index in [1.165, 1.54) is 12.1 Å². The van der Waals surface area contributed by atoms with Gasteiger partial charge >= 0.3 is 0 Å². The fraction of sp³-hybridized carbons (Fsp3) is 0. The molecule has 0 saturated carbocycles. The van der Waals surface area contributed by atoms with Gasteiger partial charge in [0.25, 0.3) is 0 Å². The number of hydrogen-bond donors (Lipinski definition) is 1. The molecule has 66 valence electrons. The van der Waals surface area contributed by atoms with Crippen molar-refractivity contribution in [3.05, 3.63) is 42.0 Å². The molecule has 0 aromatic heterocycles. The number of nitrogen functional groups attached to an aromatic ring is 1. The number of rotatable bonds is 0. The van der Waals surface area contributed by atoms with Gasteiger partial charge in [-0.2, -0.15) is 0 Å². The molecule has 1 nitrogen and oxygen atoms in total. The van der Waals surface area contributed by atoms with Gasteiger partial charge in [-0.3, -0.25) is 0 Å². The molecule has 0 heterocycles. The third-order valence-electron chi connectivity index (χ3n) is 1.94. The summed E-state index contributed by atoms with van der Waals surface area (Å²) < 4.78 is 26.0. The standard InChI is InChI=1S/C10H7F2N/c11-6-4-8-7(10(13)5-6)2-1-3-9(8)12/h1-5H,13H2. The summed E-state index contributed by atoms with van der Waals surface area (Å²) in [6.45, 7) is 0. The van der Waals surface area contributed by atoms with Gasteiger partial charge in [-0.15, -0.1) is 0 Å². The second-order valence-corrected chi connectivity index (χ2v) is 2.83. The first-order valence-corrected chi connectivity index (χ1v) is 3.82. The molecule has 0 unspecified atom stereocenters. The lowest BCUT2D eigenvalue weighted by Gasteiger charge is -2.02. The van der Waals surface area contributed by atoms with Gasteiger partial charge in [-0.05, 0) is 18.2 Å². The molecule has 2 N–H and O–H groups in total. The monoisotopic (exact) mass is 179 g/mol. The molecule has 0 aliphatic heterocycles. The van der Waals surface area contributed by atoms with Crippen LogP contribution in [0.4, 0.5) is 14.5 Å². The van der Waals surface area contributed by atoms with Crippen molar-refractivity contribution < 1.29 is 8.78 Å². The van der Waals surface area contributed by atoms with Crippen LogP contribution in [0.15, 0.2) is 30.3 Å². The smallest absolute Gasteiger partial charge is 0.131 e. The second-order valence-electron chi connectivity index (χ2n) is 2.83. The van der Waals surface area contributed by atoms with Crippen LogP contribution < -0.4 is 5.73 Å². The van der Waals surface area contributed by atoms with Crippen LogP contribution in [0, 0.1) is 11.6 Å². The van der Waals surface area contributed by atoms with E-state index in [4.69, 9.17) is 5.73 Å².